The average Bonchev–Trinajstić information content (AvgIpc) is 3.25. The molecule has 3 rings (SSSR count). The number of hydrogen-bond acceptors (Lipinski definition) is 4. The number of rotatable bonds is 9. The van der Waals surface area contributed by atoms with E-state index in [-0.39, 0.29) is 42.2 Å². The Morgan fingerprint density at radius 1 is 1.18 bits per heavy atom. The van der Waals surface area contributed by atoms with E-state index in [4.69, 9.17) is 0 Å². The van der Waals surface area contributed by atoms with E-state index in [9.17, 15) is 31.5 Å². The minimum Gasteiger partial charge on any atom is -0.347 e. The molecule has 2 aliphatic heterocycles. The first-order valence-corrected chi connectivity index (χ1v) is 13.8. The van der Waals surface area contributed by atoms with Gasteiger partial charge < -0.3 is 10.2 Å². The van der Waals surface area contributed by atoms with E-state index in [0.29, 0.717) is 37.8 Å². The normalized spacial score (nSPS) is 21.1. The molecule has 2 atom stereocenters. The van der Waals surface area contributed by atoms with Gasteiger partial charge >= 0.3 is 6.18 Å². The molecule has 11 heteroatoms. The first-order chi connectivity index (χ1) is 18.7. The Kier molecular flexibility index (Phi) is 10.1. The molecule has 2 aliphatic rings. The Labute approximate surface area is 232 Å². The summed E-state index contributed by atoms with van der Waals surface area (Å²) in [7, 11) is 3.35. The third-order valence-electron chi connectivity index (χ3n) is 7.80. The van der Waals surface area contributed by atoms with Crippen molar-refractivity contribution in [2.75, 3.05) is 27.2 Å². The van der Waals surface area contributed by atoms with Gasteiger partial charge in [-0.05, 0) is 55.5 Å². The molecule has 2 amide bonds. The van der Waals surface area contributed by atoms with Gasteiger partial charge in [0, 0.05) is 38.2 Å². The summed E-state index contributed by atoms with van der Waals surface area (Å²) < 4.78 is 68.8. The molecule has 0 aromatic heterocycles. The second-order valence-corrected chi connectivity index (χ2v) is 11.0. The highest BCUT2D eigenvalue weighted by molar-refractivity contribution is 6.16. The van der Waals surface area contributed by atoms with Crippen LogP contribution in [0.5, 0.6) is 0 Å². The van der Waals surface area contributed by atoms with Crippen LogP contribution in [0.2, 0.25) is 0 Å². The van der Waals surface area contributed by atoms with E-state index in [1.807, 2.05) is 24.8 Å². The lowest BCUT2D eigenvalue weighted by Gasteiger charge is -2.32. The van der Waals surface area contributed by atoms with Gasteiger partial charge in [-0.25, -0.2) is 8.78 Å². The van der Waals surface area contributed by atoms with Crippen molar-refractivity contribution in [1.29, 1.82) is 0 Å². The molecule has 0 aliphatic carbocycles. The maximum atomic E-state index is 14.6. The van der Waals surface area contributed by atoms with Crippen molar-refractivity contribution in [3.63, 3.8) is 0 Å². The highest BCUT2D eigenvalue weighted by Crippen LogP contribution is 2.39. The number of allylic oxidation sites excluding steroid dienone is 1. The second-order valence-electron chi connectivity index (χ2n) is 11.0. The highest BCUT2D eigenvalue weighted by atomic mass is 19.4. The Morgan fingerprint density at radius 2 is 1.82 bits per heavy atom. The number of alkyl halides is 5. The van der Waals surface area contributed by atoms with Crippen molar-refractivity contribution < 1.29 is 31.5 Å². The monoisotopic (exact) mass is 570 g/mol. The molecule has 40 heavy (non-hydrogen) atoms. The SMILES string of the molecule is CC[C@H](C)[C@H](N=C1NC(=O)C/C1=C\C1CCN(Cc2ccc(C(F)(F)F)cc2C(F)(F)CC)CC1)C(=O)N(C)C. The Morgan fingerprint density at radius 3 is 2.38 bits per heavy atom. The smallest absolute Gasteiger partial charge is 0.347 e. The molecule has 1 aromatic rings. The summed E-state index contributed by atoms with van der Waals surface area (Å²) in [5, 5.41) is 2.79. The molecule has 0 bridgehead atoms. The third-order valence-corrected chi connectivity index (χ3v) is 7.80. The summed E-state index contributed by atoms with van der Waals surface area (Å²) in [6.07, 6.45) is -0.980. The molecule has 0 unspecified atom stereocenters. The number of amidine groups is 1. The molecule has 222 valence electrons. The van der Waals surface area contributed by atoms with E-state index in [1.54, 1.807) is 14.1 Å². The largest absolute Gasteiger partial charge is 0.416 e. The number of piperidine rings is 1. The van der Waals surface area contributed by atoms with Crippen molar-refractivity contribution in [2.45, 2.75) is 77.6 Å². The van der Waals surface area contributed by atoms with Crippen molar-refractivity contribution in [2.24, 2.45) is 16.8 Å². The second kappa shape index (κ2) is 12.8. The summed E-state index contributed by atoms with van der Waals surface area (Å²) in [4.78, 5) is 33.1. The minimum atomic E-state index is -4.70. The van der Waals surface area contributed by atoms with Crippen molar-refractivity contribution in [3.05, 3.63) is 46.5 Å². The van der Waals surface area contributed by atoms with Gasteiger partial charge in [0.2, 0.25) is 11.8 Å². The molecule has 2 heterocycles. The van der Waals surface area contributed by atoms with Crippen molar-refractivity contribution in [3.8, 4) is 0 Å². The molecule has 2 saturated heterocycles. The fraction of sp³-hybridized carbons (Fsp3) is 0.621. The molecule has 0 radical (unpaired) electrons. The first-order valence-electron chi connectivity index (χ1n) is 13.8. The molecular weight excluding hydrogens is 531 g/mol. The number of halogens is 5. The molecule has 1 aromatic carbocycles. The lowest BCUT2D eigenvalue weighted by molar-refractivity contribution is -0.138. The topological polar surface area (TPSA) is 65.0 Å². The maximum absolute atomic E-state index is 14.6. The standard InChI is InChI=1S/C29H39F5N4O2/c1-6-18(3)25(27(40)37(4)5)36-26-21(15-24(39)35-26)14-19-10-12-38(13-11-19)17-20-8-9-22(29(32,33)34)16-23(20)28(30,31)7-2/h8-9,14,16,18-19,25H,6-7,10-13,15,17H2,1-5H3,(H,35,36,39)/b21-14+/t18-,25-/m0/s1. The summed E-state index contributed by atoms with van der Waals surface area (Å²) in [5.74, 6) is -3.16. The minimum absolute atomic E-state index is 0.0143. The van der Waals surface area contributed by atoms with Gasteiger partial charge in [-0.2, -0.15) is 13.2 Å². The van der Waals surface area contributed by atoms with Crippen LogP contribution in [-0.4, -0.2) is 60.7 Å². The van der Waals surface area contributed by atoms with Crippen LogP contribution in [0.3, 0.4) is 0 Å². The first kappa shape index (κ1) is 31.7. The van der Waals surface area contributed by atoms with E-state index >= 15 is 0 Å². The summed E-state index contributed by atoms with van der Waals surface area (Å²) >= 11 is 0. The molecular formula is C29H39F5N4O2. The Balaban J connectivity index is 1.74. The zero-order chi connectivity index (χ0) is 29.8. The van der Waals surface area contributed by atoms with Gasteiger partial charge in [0.1, 0.15) is 11.9 Å². The maximum Gasteiger partial charge on any atom is 0.416 e. The van der Waals surface area contributed by atoms with Crippen LogP contribution in [0.25, 0.3) is 0 Å². The molecule has 0 spiro atoms. The molecule has 6 nitrogen and oxygen atoms in total. The van der Waals surface area contributed by atoms with Crippen LogP contribution in [0.4, 0.5) is 22.0 Å². The quantitative estimate of drug-likeness (QED) is 0.384. The molecule has 1 N–H and O–H groups in total. The van der Waals surface area contributed by atoms with Gasteiger partial charge in [-0.3, -0.25) is 19.5 Å². The lowest BCUT2D eigenvalue weighted by Crippen LogP contribution is -2.38. The molecule has 2 fully saturated rings. The summed E-state index contributed by atoms with van der Waals surface area (Å²) in [6.45, 7) is 6.44. The lowest BCUT2D eigenvalue weighted by atomic mass is 9.92. The average molecular weight is 571 g/mol. The number of benzene rings is 1. The van der Waals surface area contributed by atoms with E-state index in [2.05, 4.69) is 10.3 Å². The number of carbonyl (C=O) groups is 2. The van der Waals surface area contributed by atoms with Crippen molar-refractivity contribution in [1.82, 2.24) is 15.1 Å². The number of hydrogen-bond donors (Lipinski definition) is 1. The Hall–Kier alpha value is -2.82. The fourth-order valence-corrected chi connectivity index (χ4v) is 5.04. The summed E-state index contributed by atoms with van der Waals surface area (Å²) in [5.41, 5.74) is -0.715. The van der Waals surface area contributed by atoms with Gasteiger partial charge in [-0.1, -0.05) is 39.3 Å². The van der Waals surface area contributed by atoms with Gasteiger partial charge in [0.05, 0.1) is 12.0 Å². The number of nitrogens with one attached hydrogen (secondary N) is 1. The molecule has 0 saturated carbocycles. The van der Waals surface area contributed by atoms with E-state index in [0.717, 1.165) is 24.1 Å². The number of likely N-dealkylation sites (N-methyl/N-ethyl adjacent to an activating group) is 1. The zero-order valence-corrected chi connectivity index (χ0v) is 23.7. The zero-order valence-electron chi connectivity index (χ0n) is 23.7. The van der Waals surface area contributed by atoms with Crippen LogP contribution in [0, 0.1) is 11.8 Å². The van der Waals surface area contributed by atoms with Crippen LogP contribution in [0.15, 0.2) is 34.8 Å². The predicted octanol–water partition coefficient (Wildman–Crippen LogP) is 5.77. The number of aliphatic imine (C=N–C) groups is 1. The predicted molar refractivity (Wildman–Crippen MR) is 144 cm³/mol. The van der Waals surface area contributed by atoms with Crippen LogP contribution in [-0.2, 0) is 28.2 Å². The van der Waals surface area contributed by atoms with Gasteiger partial charge in [-0.15, -0.1) is 0 Å². The van der Waals surface area contributed by atoms with E-state index in [1.165, 1.54) is 11.8 Å². The van der Waals surface area contributed by atoms with Crippen molar-refractivity contribution >= 4 is 17.6 Å². The number of amides is 2. The van der Waals surface area contributed by atoms with E-state index < -0.39 is 35.7 Å². The van der Waals surface area contributed by atoms with Crippen LogP contribution < -0.4 is 5.32 Å². The number of nitrogens with zero attached hydrogens (tertiary/aromatic N) is 3. The fourth-order valence-electron chi connectivity index (χ4n) is 5.04. The van der Waals surface area contributed by atoms with Gasteiger partial charge in [0.15, 0.2) is 0 Å². The highest BCUT2D eigenvalue weighted by Gasteiger charge is 2.37. The van der Waals surface area contributed by atoms with Gasteiger partial charge in [0.25, 0.3) is 5.92 Å². The third kappa shape index (κ3) is 7.67. The van der Waals surface area contributed by atoms with Crippen LogP contribution in [0.1, 0.15) is 69.6 Å². The number of likely N-dealkylation sites (tertiary alicyclic amines) is 1. The van der Waals surface area contributed by atoms with Crippen LogP contribution >= 0.6 is 0 Å². The Bertz CT molecular complexity index is 1140. The number of carbonyl (C=O) groups excluding carboxylic acids is 2. The summed E-state index contributed by atoms with van der Waals surface area (Å²) in [6, 6.07) is 1.99.